The van der Waals surface area contributed by atoms with Crippen LogP contribution in [0.15, 0.2) is 12.4 Å². The van der Waals surface area contributed by atoms with Crippen molar-refractivity contribution in [3.05, 3.63) is 12.4 Å². The number of aromatic nitrogens is 2. The summed E-state index contributed by atoms with van der Waals surface area (Å²) in [4.78, 5) is 24.1. The van der Waals surface area contributed by atoms with Crippen molar-refractivity contribution in [2.45, 2.75) is 25.3 Å². The van der Waals surface area contributed by atoms with E-state index in [0.717, 1.165) is 12.8 Å². The van der Waals surface area contributed by atoms with Crippen LogP contribution in [-0.2, 0) is 4.79 Å². The summed E-state index contributed by atoms with van der Waals surface area (Å²) in [5.74, 6) is -0.877. The number of H-pyrrole nitrogens is 1. The predicted octanol–water partition coefficient (Wildman–Crippen LogP) is 0.881. The van der Waals surface area contributed by atoms with Gasteiger partial charge in [0, 0.05) is 18.8 Å². The zero-order chi connectivity index (χ0) is 12.3. The smallest absolute Gasteiger partial charge is 0.322 e. The number of aromatic amines is 1. The van der Waals surface area contributed by atoms with E-state index < -0.39 is 5.97 Å². The molecule has 17 heavy (non-hydrogen) atoms. The summed E-state index contributed by atoms with van der Waals surface area (Å²) in [6.07, 6.45) is 4.65. The molecule has 1 aromatic heterocycles. The lowest BCUT2D eigenvalue weighted by Gasteiger charge is -2.23. The minimum atomic E-state index is -0.877. The highest BCUT2D eigenvalue weighted by molar-refractivity contribution is 5.89. The van der Waals surface area contributed by atoms with Gasteiger partial charge in [0.1, 0.15) is 0 Å². The zero-order valence-corrected chi connectivity index (χ0v) is 9.22. The van der Waals surface area contributed by atoms with E-state index in [1.165, 1.54) is 6.20 Å². The Morgan fingerprint density at radius 1 is 1.65 bits per heavy atom. The number of likely N-dealkylation sites (tertiary alicyclic amines) is 1. The Kier molecular flexibility index (Phi) is 3.27. The highest BCUT2D eigenvalue weighted by Gasteiger charge is 2.30. The molecular weight excluding hydrogens is 224 g/mol. The summed E-state index contributed by atoms with van der Waals surface area (Å²) in [5.41, 5.74) is 0.580. The van der Waals surface area contributed by atoms with Crippen LogP contribution in [0.25, 0.3) is 0 Å². The van der Waals surface area contributed by atoms with E-state index in [1.54, 1.807) is 11.1 Å². The Morgan fingerprint density at radius 3 is 3.12 bits per heavy atom. The predicted molar refractivity (Wildman–Crippen MR) is 59.6 cm³/mol. The first-order valence-corrected chi connectivity index (χ1v) is 5.45. The van der Waals surface area contributed by atoms with Crippen LogP contribution in [-0.4, -0.2) is 44.8 Å². The summed E-state index contributed by atoms with van der Waals surface area (Å²) >= 11 is 0. The minimum absolute atomic E-state index is 0.00118. The Morgan fingerprint density at radius 2 is 2.47 bits per heavy atom. The molecule has 0 spiro atoms. The van der Waals surface area contributed by atoms with Crippen LogP contribution in [0.1, 0.15) is 19.3 Å². The van der Waals surface area contributed by atoms with E-state index in [1.807, 2.05) is 0 Å². The molecule has 1 fully saturated rings. The Bertz CT molecular complexity index is 404. The quantitative estimate of drug-likeness (QED) is 0.728. The summed E-state index contributed by atoms with van der Waals surface area (Å²) in [5, 5.41) is 17.7. The SMILES string of the molecule is O=C(O)CC1CCCN1C(=O)Nc1cn[nH]c1. The van der Waals surface area contributed by atoms with Crippen molar-refractivity contribution >= 4 is 17.7 Å². The molecule has 1 saturated heterocycles. The number of rotatable bonds is 3. The fourth-order valence-corrected chi connectivity index (χ4v) is 2.03. The van der Waals surface area contributed by atoms with Gasteiger partial charge in [-0.15, -0.1) is 0 Å². The fourth-order valence-electron chi connectivity index (χ4n) is 2.03. The maximum atomic E-state index is 11.9. The van der Waals surface area contributed by atoms with Gasteiger partial charge in [-0.3, -0.25) is 9.89 Å². The molecule has 0 radical (unpaired) electrons. The third-order valence-corrected chi connectivity index (χ3v) is 2.80. The van der Waals surface area contributed by atoms with E-state index in [0.29, 0.717) is 12.2 Å². The third-order valence-electron chi connectivity index (χ3n) is 2.80. The largest absolute Gasteiger partial charge is 0.481 e. The fraction of sp³-hybridized carbons (Fsp3) is 0.500. The number of carbonyl (C=O) groups is 2. The lowest BCUT2D eigenvalue weighted by Crippen LogP contribution is -2.39. The Balaban J connectivity index is 1.96. The second kappa shape index (κ2) is 4.86. The summed E-state index contributed by atoms with van der Waals surface area (Å²) in [6.45, 7) is 0.599. The Labute approximate surface area is 97.8 Å². The molecule has 0 saturated carbocycles. The van der Waals surface area contributed by atoms with E-state index >= 15 is 0 Å². The molecular formula is C10H14N4O3. The molecule has 1 unspecified atom stereocenters. The summed E-state index contributed by atoms with van der Waals surface area (Å²) in [7, 11) is 0. The molecule has 0 aromatic carbocycles. The van der Waals surface area contributed by atoms with Gasteiger partial charge < -0.3 is 15.3 Å². The molecule has 7 heteroatoms. The van der Waals surface area contributed by atoms with Gasteiger partial charge in [0.25, 0.3) is 0 Å². The van der Waals surface area contributed by atoms with Gasteiger partial charge in [-0.2, -0.15) is 5.10 Å². The van der Waals surface area contributed by atoms with Crippen LogP contribution < -0.4 is 5.32 Å². The maximum absolute atomic E-state index is 11.9. The second-order valence-electron chi connectivity index (χ2n) is 4.00. The van der Waals surface area contributed by atoms with Crippen molar-refractivity contribution in [1.82, 2.24) is 15.1 Å². The van der Waals surface area contributed by atoms with Gasteiger partial charge in [0.2, 0.25) is 0 Å². The van der Waals surface area contributed by atoms with Crippen molar-refractivity contribution in [2.24, 2.45) is 0 Å². The van der Waals surface area contributed by atoms with Crippen molar-refractivity contribution < 1.29 is 14.7 Å². The molecule has 1 aromatic rings. The topological polar surface area (TPSA) is 98.3 Å². The number of amides is 2. The van der Waals surface area contributed by atoms with E-state index in [2.05, 4.69) is 15.5 Å². The molecule has 2 heterocycles. The lowest BCUT2D eigenvalue weighted by atomic mass is 10.1. The van der Waals surface area contributed by atoms with E-state index in [9.17, 15) is 9.59 Å². The lowest BCUT2D eigenvalue weighted by molar-refractivity contribution is -0.137. The molecule has 92 valence electrons. The third kappa shape index (κ3) is 2.74. The average Bonchev–Trinajstić information content (AvgIpc) is 2.87. The average molecular weight is 238 g/mol. The van der Waals surface area contributed by atoms with Gasteiger partial charge in [0.15, 0.2) is 0 Å². The van der Waals surface area contributed by atoms with Crippen molar-refractivity contribution in [1.29, 1.82) is 0 Å². The van der Waals surface area contributed by atoms with Crippen LogP contribution in [0.2, 0.25) is 0 Å². The molecule has 7 nitrogen and oxygen atoms in total. The molecule has 1 aliphatic rings. The zero-order valence-electron chi connectivity index (χ0n) is 9.22. The van der Waals surface area contributed by atoms with E-state index in [-0.39, 0.29) is 18.5 Å². The number of carboxylic acids is 1. The van der Waals surface area contributed by atoms with Crippen LogP contribution >= 0.6 is 0 Å². The highest BCUT2D eigenvalue weighted by atomic mass is 16.4. The number of aliphatic carboxylic acids is 1. The number of nitrogens with one attached hydrogen (secondary N) is 2. The first-order chi connectivity index (χ1) is 8.16. The van der Waals surface area contributed by atoms with Crippen molar-refractivity contribution in [3.63, 3.8) is 0 Å². The van der Waals surface area contributed by atoms with Gasteiger partial charge in [-0.1, -0.05) is 0 Å². The van der Waals surface area contributed by atoms with Crippen LogP contribution in [0, 0.1) is 0 Å². The van der Waals surface area contributed by atoms with Gasteiger partial charge in [-0.25, -0.2) is 4.79 Å². The molecule has 2 amide bonds. The number of anilines is 1. The first kappa shape index (κ1) is 11.4. The number of hydrogen-bond donors (Lipinski definition) is 3. The van der Waals surface area contributed by atoms with Crippen LogP contribution in [0.4, 0.5) is 10.5 Å². The Hall–Kier alpha value is -2.05. The highest BCUT2D eigenvalue weighted by Crippen LogP contribution is 2.21. The van der Waals surface area contributed by atoms with Crippen molar-refractivity contribution in [2.75, 3.05) is 11.9 Å². The van der Waals surface area contributed by atoms with Crippen LogP contribution in [0.5, 0.6) is 0 Å². The maximum Gasteiger partial charge on any atom is 0.322 e. The molecule has 0 aliphatic carbocycles. The summed E-state index contributed by atoms with van der Waals surface area (Å²) < 4.78 is 0. The molecule has 1 atom stereocenters. The van der Waals surface area contributed by atoms with Crippen LogP contribution in [0.3, 0.4) is 0 Å². The van der Waals surface area contributed by atoms with Gasteiger partial charge in [0.05, 0.1) is 18.3 Å². The molecule has 2 rings (SSSR count). The number of hydrogen-bond acceptors (Lipinski definition) is 3. The van der Waals surface area contributed by atoms with E-state index in [4.69, 9.17) is 5.11 Å². The molecule has 0 bridgehead atoms. The number of carboxylic acid groups (broad SMARTS) is 1. The van der Waals surface area contributed by atoms with Gasteiger partial charge in [-0.05, 0) is 12.8 Å². The second-order valence-corrected chi connectivity index (χ2v) is 4.00. The summed E-state index contributed by atoms with van der Waals surface area (Å²) in [6, 6.07) is -0.477. The number of urea groups is 1. The normalized spacial score (nSPS) is 19.3. The molecule has 3 N–H and O–H groups in total. The molecule has 1 aliphatic heterocycles. The number of nitrogens with zero attached hydrogens (tertiary/aromatic N) is 2. The van der Waals surface area contributed by atoms with Crippen molar-refractivity contribution in [3.8, 4) is 0 Å². The minimum Gasteiger partial charge on any atom is -0.481 e. The first-order valence-electron chi connectivity index (χ1n) is 5.45. The van der Waals surface area contributed by atoms with Gasteiger partial charge >= 0.3 is 12.0 Å². The monoisotopic (exact) mass is 238 g/mol. The number of carbonyl (C=O) groups excluding carboxylic acids is 1. The standard InChI is InChI=1S/C10H14N4O3/c15-9(16)4-8-2-1-3-14(8)10(17)13-7-5-11-12-6-7/h5-6,8H,1-4H2,(H,11,12)(H,13,17)(H,15,16).